The van der Waals surface area contributed by atoms with Gasteiger partial charge in [0, 0.05) is 0 Å². The molecule has 2 nitrogen and oxygen atoms in total. The Morgan fingerprint density at radius 3 is 1.58 bits per heavy atom. The van der Waals surface area contributed by atoms with Gasteiger partial charge in [-0.05, 0) is 41.0 Å². The van der Waals surface area contributed by atoms with E-state index < -0.39 is 0 Å². The van der Waals surface area contributed by atoms with E-state index in [0.717, 1.165) is 6.42 Å². The van der Waals surface area contributed by atoms with Gasteiger partial charge in [0.25, 0.3) is 0 Å². The molecular formula is C10H24O2. The van der Waals surface area contributed by atoms with E-state index in [1.165, 1.54) is 0 Å². The minimum atomic E-state index is -0.216. The van der Waals surface area contributed by atoms with Crippen LogP contribution in [0.15, 0.2) is 0 Å². The van der Waals surface area contributed by atoms with Gasteiger partial charge in [0.15, 0.2) is 0 Å². The van der Waals surface area contributed by atoms with Crippen molar-refractivity contribution in [2.45, 2.75) is 66.6 Å². The summed E-state index contributed by atoms with van der Waals surface area (Å²) in [6, 6.07) is 0. The highest BCUT2D eigenvalue weighted by molar-refractivity contribution is 4.63. The molecule has 0 bridgehead atoms. The van der Waals surface area contributed by atoms with Crippen LogP contribution < -0.4 is 0 Å². The van der Waals surface area contributed by atoms with Crippen molar-refractivity contribution >= 4 is 0 Å². The molecule has 12 heavy (non-hydrogen) atoms. The van der Waals surface area contributed by atoms with E-state index in [0.29, 0.717) is 0 Å². The van der Waals surface area contributed by atoms with E-state index in [1.54, 1.807) is 0 Å². The Bertz CT molecular complexity index is 111. The molecule has 0 heterocycles. The van der Waals surface area contributed by atoms with Gasteiger partial charge in [0.2, 0.25) is 0 Å². The van der Waals surface area contributed by atoms with Gasteiger partial charge in [-0.3, -0.25) is 0 Å². The molecule has 0 saturated carbocycles. The van der Waals surface area contributed by atoms with Crippen molar-refractivity contribution in [3.8, 4) is 0 Å². The van der Waals surface area contributed by atoms with Gasteiger partial charge in [0.1, 0.15) is 0 Å². The van der Waals surface area contributed by atoms with E-state index in [2.05, 4.69) is 6.92 Å². The zero-order valence-electron chi connectivity index (χ0n) is 8.52. The maximum Gasteiger partial charge on any atom is 0.0977 e. The molecule has 0 aliphatic heterocycles. The smallest absolute Gasteiger partial charge is 0.0977 e. The van der Waals surface area contributed by atoms with E-state index in [1.807, 2.05) is 34.6 Å². The van der Waals surface area contributed by atoms with Gasteiger partial charge in [-0.2, -0.15) is 0 Å². The summed E-state index contributed by atoms with van der Waals surface area (Å²) >= 11 is 0. The molecule has 0 atom stereocenters. The minimum absolute atomic E-state index is 0. The summed E-state index contributed by atoms with van der Waals surface area (Å²) in [5, 5.41) is 0. The van der Waals surface area contributed by atoms with Crippen LogP contribution in [0.1, 0.15) is 55.4 Å². The average molecular weight is 176 g/mol. The summed E-state index contributed by atoms with van der Waals surface area (Å²) in [7, 11) is 0. The molecule has 0 aromatic heterocycles. The van der Waals surface area contributed by atoms with E-state index >= 15 is 0 Å². The Morgan fingerprint density at radius 2 is 1.33 bits per heavy atom. The molecule has 0 aliphatic rings. The van der Waals surface area contributed by atoms with Gasteiger partial charge < -0.3 is 0 Å². The van der Waals surface area contributed by atoms with Gasteiger partial charge >= 0.3 is 0 Å². The largest absolute Gasteiger partial charge is 0.230 e. The molecular weight excluding hydrogens is 152 g/mol. The van der Waals surface area contributed by atoms with Gasteiger partial charge in [-0.1, -0.05) is 14.4 Å². The van der Waals surface area contributed by atoms with Crippen molar-refractivity contribution in [3.63, 3.8) is 0 Å². The number of rotatable bonds is 3. The van der Waals surface area contributed by atoms with Crippen LogP contribution in [0.4, 0.5) is 0 Å². The Labute approximate surface area is 77.2 Å². The lowest BCUT2D eigenvalue weighted by atomic mass is 10.1. The molecule has 0 rings (SSSR count). The SMILES string of the molecule is C.CCC(C)(C)OOC(C)(C)C. The van der Waals surface area contributed by atoms with Crippen LogP contribution in [0, 0.1) is 0 Å². The van der Waals surface area contributed by atoms with Crippen LogP contribution in [-0.2, 0) is 9.78 Å². The monoisotopic (exact) mass is 176 g/mol. The Morgan fingerprint density at radius 1 is 0.917 bits per heavy atom. The van der Waals surface area contributed by atoms with Crippen LogP contribution in [0.2, 0.25) is 0 Å². The molecule has 0 radical (unpaired) electrons. The first kappa shape index (κ1) is 14.4. The molecule has 0 aromatic carbocycles. The lowest BCUT2D eigenvalue weighted by Gasteiger charge is -2.27. The second-order valence-corrected chi connectivity index (χ2v) is 4.39. The summed E-state index contributed by atoms with van der Waals surface area (Å²) in [4.78, 5) is 10.4. The zero-order valence-corrected chi connectivity index (χ0v) is 8.52. The Balaban J connectivity index is 0. The molecule has 76 valence electrons. The molecule has 0 spiro atoms. The Kier molecular flexibility index (Phi) is 5.81. The van der Waals surface area contributed by atoms with Crippen LogP contribution >= 0.6 is 0 Å². The first-order chi connectivity index (χ1) is 4.77. The summed E-state index contributed by atoms with van der Waals surface area (Å²) in [6.45, 7) is 12.0. The second kappa shape index (κ2) is 4.83. The standard InChI is InChI=1S/C9H20O2.CH4/c1-7-9(5,6)11-10-8(2,3)4;/h7H2,1-6H3;1H4. The zero-order chi connectivity index (χ0) is 9.12. The van der Waals surface area contributed by atoms with Crippen molar-refractivity contribution in [2.75, 3.05) is 0 Å². The summed E-state index contributed by atoms with van der Waals surface area (Å²) in [5.74, 6) is 0. The van der Waals surface area contributed by atoms with Crippen LogP contribution in [0.25, 0.3) is 0 Å². The van der Waals surface area contributed by atoms with Crippen molar-refractivity contribution < 1.29 is 9.78 Å². The fraction of sp³-hybridized carbons (Fsp3) is 1.00. The van der Waals surface area contributed by atoms with Crippen molar-refractivity contribution in [1.29, 1.82) is 0 Å². The topological polar surface area (TPSA) is 18.5 Å². The second-order valence-electron chi connectivity index (χ2n) is 4.39. The molecule has 0 saturated heterocycles. The van der Waals surface area contributed by atoms with Crippen LogP contribution in [0.5, 0.6) is 0 Å². The molecule has 0 N–H and O–H groups in total. The van der Waals surface area contributed by atoms with Crippen molar-refractivity contribution in [3.05, 3.63) is 0 Å². The maximum absolute atomic E-state index is 5.24. The fourth-order valence-electron chi connectivity index (χ4n) is 0.297. The predicted molar refractivity (Wildman–Crippen MR) is 53.0 cm³/mol. The molecule has 0 aromatic rings. The summed E-state index contributed by atoms with van der Waals surface area (Å²) < 4.78 is 0. The van der Waals surface area contributed by atoms with Crippen molar-refractivity contribution in [1.82, 2.24) is 0 Å². The third-order valence-corrected chi connectivity index (χ3v) is 1.37. The number of hydrogen-bond acceptors (Lipinski definition) is 2. The summed E-state index contributed by atoms with van der Waals surface area (Å²) in [6.07, 6.45) is 0.948. The van der Waals surface area contributed by atoms with E-state index in [4.69, 9.17) is 9.78 Å². The summed E-state index contributed by atoms with van der Waals surface area (Å²) in [5.41, 5.74) is -0.389. The minimum Gasteiger partial charge on any atom is -0.230 e. The predicted octanol–water partition coefficient (Wildman–Crippen LogP) is 3.56. The molecule has 0 amide bonds. The first-order valence-electron chi connectivity index (χ1n) is 4.14. The van der Waals surface area contributed by atoms with Gasteiger partial charge in [-0.15, -0.1) is 0 Å². The fourth-order valence-corrected chi connectivity index (χ4v) is 0.297. The molecule has 0 fully saturated rings. The lowest BCUT2D eigenvalue weighted by molar-refractivity contribution is -0.397. The molecule has 0 aliphatic carbocycles. The maximum atomic E-state index is 5.24. The third-order valence-electron chi connectivity index (χ3n) is 1.37. The quantitative estimate of drug-likeness (QED) is 0.483. The Hall–Kier alpha value is -0.0800. The third kappa shape index (κ3) is 8.02. The van der Waals surface area contributed by atoms with E-state index in [-0.39, 0.29) is 18.6 Å². The van der Waals surface area contributed by atoms with Crippen LogP contribution in [-0.4, -0.2) is 11.2 Å². The first-order valence-corrected chi connectivity index (χ1v) is 4.14. The molecule has 2 heteroatoms. The van der Waals surface area contributed by atoms with Crippen molar-refractivity contribution in [2.24, 2.45) is 0 Å². The lowest BCUT2D eigenvalue weighted by Crippen LogP contribution is -2.29. The normalized spacial score (nSPS) is 12.5. The number of hydrogen-bond donors (Lipinski definition) is 0. The highest BCUT2D eigenvalue weighted by atomic mass is 17.2. The highest BCUT2D eigenvalue weighted by Gasteiger charge is 2.21. The van der Waals surface area contributed by atoms with Crippen LogP contribution in [0.3, 0.4) is 0 Å². The van der Waals surface area contributed by atoms with Gasteiger partial charge in [-0.25, -0.2) is 9.78 Å². The van der Waals surface area contributed by atoms with E-state index in [9.17, 15) is 0 Å². The molecule has 0 unspecified atom stereocenters. The average Bonchev–Trinajstić information content (AvgIpc) is 1.83. The highest BCUT2D eigenvalue weighted by Crippen LogP contribution is 2.18. The van der Waals surface area contributed by atoms with Gasteiger partial charge in [0.05, 0.1) is 11.2 Å².